The van der Waals surface area contributed by atoms with Crippen molar-refractivity contribution >= 4 is 17.9 Å². The Bertz CT molecular complexity index is 390. The summed E-state index contributed by atoms with van der Waals surface area (Å²) in [6.07, 6.45) is -0.979. The van der Waals surface area contributed by atoms with E-state index in [-0.39, 0.29) is 4.75 Å². The van der Waals surface area contributed by atoms with E-state index in [1.165, 1.54) is 5.56 Å². The Morgan fingerprint density at radius 1 is 1.39 bits per heavy atom. The van der Waals surface area contributed by atoms with E-state index >= 15 is 0 Å². The van der Waals surface area contributed by atoms with Gasteiger partial charge in [-0.1, -0.05) is 12.1 Å². The summed E-state index contributed by atoms with van der Waals surface area (Å²) in [4.78, 5) is 10.5. The number of amides is 1. The average molecular weight is 269 g/mol. The summed E-state index contributed by atoms with van der Waals surface area (Å²) in [5, 5.41) is 11.0. The van der Waals surface area contributed by atoms with E-state index in [0.29, 0.717) is 6.54 Å². The maximum Gasteiger partial charge on any atom is 0.404 e. The van der Waals surface area contributed by atoms with E-state index in [0.717, 1.165) is 11.5 Å². The van der Waals surface area contributed by atoms with Crippen LogP contribution in [-0.2, 0) is 5.75 Å². The molecule has 0 spiro atoms. The third-order valence-corrected chi connectivity index (χ3v) is 3.86. The summed E-state index contributed by atoms with van der Waals surface area (Å²) in [6.45, 7) is 4.48. The molecule has 0 aliphatic heterocycles. The highest BCUT2D eigenvalue weighted by atomic mass is 32.2. The number of carboxylic acid groups (broad SMARTS) is 1. The number of thioether (sulfide) groups is 1. The number of benzene rings is 1. The SMILES string of the molecule is COc1ccc(CSC(C)(C)CNC(=O)O)cc1. The molecule has 0 unspecified atom stereocenters. The minimum absolute atomic E-state index is 0.127. The van der Waals surface area contributed by atoms with Crippen molar-refractivity contribution in [3.63, 3.8) is 0 Å². The monoisotopic (exact) mass is 269 g/mol. The fraction of sp³-hybridized carbons (Fsp3) is 0.462. The first kappa shape index (κ1) is 14.7. The molecule has 0 bridgehead atoms. The van der Waals surface area contributed by atoms with Crippen LogP contribution in [0.4, 0.5) is 4.79 Å². The minimum Gasteiger partial charge on any atom is -0.497 e. The molecule has 0 aliphatic carbocycles. The van der Waals surface area contributed by atoms with Gasteiger partial charge < -0.3 is 15.2 Å². The summed E-state index contributed by atoms with van der Waals surface area (Å²) in [7, 11) is 1.64. The van der Waals surface area contributed by atoms with E-state index in [4.69, 9.17) is 9.84 Å². The highest BCUT2D eigenvalue weighted by Gasteiger charge is 2.19. The first-order chi connectivity index (χ1) is 8.43. The Morgan fingerprint density at radius 2 is 2.00 bits per heavy atom. The molecule has 4 nitrogen and oxygen atoms in total. The molecule has 2 N–H and O–H groups in total. The first-order valence-electron chi connectivity index (χ1n) is 5.66. The molecule has 0 fully saturated rings. The number of hydrogen-bond acceptors (Lipinski definition) is 3. The topological polar surface area (TPSA) is 58.6 Å². The summed E-state index contributed by atoms with van der Waals surface area (Å²) in [5.41, 5.74) is 1.20. The molecule has 1 aromatic carbocycles. The van der Waals surface area contributed by atoms with Crippen LogP contribution in [0, 0.1) is 0 Å². The van der Waals surface area contributed by atoms with Gasteiger partial charge in [0.15, 0.2) is 0 Å². The first-order valence-corrected chi connectivity index (χ1v) is 6.65. The molecule has 100 valence electrons. The van der Waals surface area contributed by atoms with E-state index in [1.807, 2.05) is 38.1 Å². The van der Waals surface area contributed by atoms with Crippen LogP contribution < -0.4 is 10.1 Å². The largest absolute Gasteiger partial charge is 0.497 e. The van der Waals surface area contributed by atoms with E-state index in [2.05, 4.69) is 5.32 Å². The Morgan fingerprint density at radius 3 is 2.50 bits per heavy atom. The summed E-state index contributed by atoms with van der Waals surface area (Å²) >= 11 is 1.72. The zero-order chi connectivity index (χ0) is 13.6. The Hall–Kier alpha value is -1.36. The lowest BCUT2D eigenvalue weighted by Gasteiger charge is -2.23. The van der Waals surface area contributed by atoms with Gasteiger partial charge in [0.05, 0.1) is 7.11 Å². The summed E-state index contributed by atoms with van der Waals surface area (Å²) in [6, 6.07) is 7.90. The molecule has 18 heavy (non-hydrogen) atoms. The van der Waals surface area contributed by atoms with Gasteiger partial charge in [-0.2, -0.15) is 0 Å². The smallest absolute Gasteiger partial charge is 0.404 e. The van der Waals surface area contributed by atoms with Crippen molar-refractivity contribution in [2.45, 2.75) is 24.3 Å². The predicted octanol–water partition coefficient (Wildman–Crippen LogP) is 2.97. The molecule has 0 radical (unpaired) electrons. The van der Waals surface area contributed by atoms with Gasteiger partial charge in [-0.3, -0.25) is 0 Å². The molecule has 0 aromatic heterocycles. The van der Waals surface area contributed by atoms with Gasteiger partial charge in [0.25, 0.3) is 0 Å². The number of ether oxygens (including phenoxy) is 1. The highest BCUT2D eigenvalue weighted by molar-refractivity contribution is 7.99. The summed E-state index contributed by atoms with van der Waals surface area (Å²) < 4.78 is 4.97. The number of hydrogen-bond donors (Lipinski definition) is 2. The number of rotatable bonds is 6. The summed E-state index contributed by atoms with van der Waals surface area (Å²) in [5.74, 6) is 1.69. The van der Waals surface area contributed by atoms with Gasteiger partial charge in [-0.25, -0.2) is 4.79 Å². The van der Waals surface area contributed by atoms with Crippen molar-refractivity contribution in [1.82, 2.24) is 5.32 Å². The van der Waals surface area contributed by atoms with E-state index in [9.17, 15) is 4.79 Å². The Balaban J connectivity index is 2.45. The molecule has 0 saturated carbocycles. The minimum atomic E-state index is -0.979. The second-order valence-corrected chi connectivity index (χ2v) is 6.24. The fourth-order valence-electron chi connectivity index (χ4n) is 1.34. The van der Waals surface area contributed by atoms with Crippen LogP contribution in [0.15, 0.2) is 24.3 Å². The molecular formula is C13H19NO3S. The maximum atomic E-state index is 10.5. The Kier molecular flexibility index (Phi) is 5.34. The molecule has 1 aromatic rings. The van der Waals surface area contributed by atoms with Crippen LogP contribution in [0.5, 0.6) is 5.75 Å². The van der Waals surface area contributed by atoms with Crippen molar-refractivity contribution in [3.05, 3.63) is 29.8 Å². The van der Waals surface area contributed by atoms with Gasteiger partial charge in [-0.05, 0) is 31.5 Å². The van der Waals surface area contributed by atoms with Crippen molar-refractivity contribution in [3.8, 4) is 5.75 Å². The lowest BCUT2D eigenvalue weighted by Crippen LogP contribution is -2.35. The van der Waals surface area contributed by atoms with Gasteiger partial charge >= 0.3 is 6.09 Å². The van der Waals surface area contributed by atoms with Crippen molar-refractivity contribution in [2.75, 3.05) is 13.7 Å². The molecule has 0 saturated heterocycles. The van der Waals surface area contributed by atoms with Crippen molar-refractivity contribution < 1.29 is 14.6 Å². The van der Waals surface area contributed by atoms with Gasteiger partial charge in [0.2, 0.25) is 0 Å². The van der Waals surface area contributed by atoms with Crippen LogP contribution in [0.2, 0.25) is 0 Å². The molecule has 1 rings (SSSR count). The molecule has 1 amide bonds. The molecule has 0 heterocycles. The normalized spacial score (nSPS) is 11.1. The van der Waals surface area contributed by atoms with Crippen LogP contribution in [0.3, 0.4) is 0 Å². The van der Waals surface area contributed by atoms with Gasteiger partial charge in [0, 0.05) is 17.0 Å². The standard InChI is InChI=1S/C13H19NO3S/c1-13(2,9-14-12(15)16)18-8-10-4-6-11(17-3)7-5-10/h4-7,14H,8-9H2,1-3H3,(H,15,16). The molecule has 0 atom stereocenters. The van der Waals surface area contributed by atoms with Gasteiger partial charge in [0.1, 0.15) is 5.75 Å². The third-order valence-electron chi connectivity index (χ3n) is 2.45. The average Bonchev–Trinajstić information content (AvgIpc) is 2.35. The zero-order valence-corrected chi connectivity index (χ0v) is 11.7. The molecule has 5 heteroatoms. The number of carbonyl (C=O) groups is 1. The van der Waals surface area contributed by atoms with Crippen LogP contribution in [-0.4, -0.2) is 29.6 Å². The van der Waals surface area contributed by atoms with Crippen molar-refractivity contribution in [2.24, 2.45) is 0 Å². The lowest BCUT2D eigenvalue weighted by molar-refractivity contribution is 0.193. The second kappa shape index (κ2) is 6.54. The van der Waals surface area contributed by atoms with Gasteiger partial charge in [-0.15, -0.1) is 11.8 Å². The quantitative estimate of drug-likeness (QED) is 0.833. The second-order valence-electron chi connectivity index (χ2n) is 4.56. The zero-order valence-electron chi connectivity index (χ0n) is 10.9. The lowest BCUT2D eigenvalue weighted by atomic mass is 10.2. The third kappa shape index (κ3) is 5.31. The van der Waals surface area contributed by atoms with E-state index in [1.54, 1.807) is 18.9 Å². The molecular weight excluding hydrogens is 250 g/mol. The fourth-order valence-corrected chi connectivity index (χ4v) is 2.26. The van der Waals surface area contributed by atoms with Crippen LogP contribution in [0.1, 0.15) is 19.4 Å². The predicted molar refractivity (Wildman–Crippen MR) is 74.4 cm³/mol. The number of methoxy groups -OCH3 is 1. The van der Waals surface area contributed by atoms with E-state index < -0.39 is 6.09 Å². The maximum absolute atomic E-state index is 10.5. The Labute approximate surface area is 112 Å². The van der Waals surface area contributed by atoms with Crippen molar-refractivity contribution in [1.29, 1.82) is 0 Å². The number of nitrogens with one attached hydrogen (secondary N) is 1. The van der Waals surface area contributed by atoms with Crippen LogP contribution in [0.25, 0.3) is 0 Å². The van der Waals surface area contributed by atoms with Crippen LogP contribution >= 0.6 is 11.8 Å². The molecule has 0 aliphatic rings. The highest BCUT2D eigenvalue weighted by Crippen LogP contribution is 2.28.